The van der Waals surface area contributed by atoms with Gasteiger partial charge in [-0.05, 0) is 31.6 Å². The van der Waals surface area contributed by atoms with Crippen LogP contribution in [0.25, 0.3) is 0 Å². The fraction of sp³-hybridized carbons (Fsp3) is 0.923. The average molecular weight is 210 g/mol. The summed E-state index contributed by atoms with van der Waals surface area (Å²) in [5, 5.41) is 0. The molecule has 2 aliphatic rings. The SMILES string of the molecule is O=CC1(C2CCCCCC2)CCOCC1. The van der Waals surface area contributed by atoms with E-state index in [1.54, 1.807) is 0 Å². The maximum Gasteiger partial charge on any atom is 0.126 e. The number of aldehydes is 1. The molecule has 0 amide bonds. The first-order valence-corrected chi connectivity index (χ1v) is 6.41. The van der Waals surface area contributed by atoms with Gasteiger partial charge < -0.3 is 9.53 Å². The lowest BCUT2D eigenvalue weighted by Gasteiger charge is -2.39. The quantitative estimate of drug-likeness (QED) is 0.517. The fourth-order valence-corrected chi connectivity index (χ4v) is 3.23. The summed E-state index contributed by atoms with van der Waals surface area (Å²) in [4.78, 5) is 11.4. The van der Waals surface area contributed by atoms with Crippen molar-refractivity contribution < 1.29 is 9.53 Å². The van der Waals surface area contributed by atoms with Crippen molar-refractivity contribution in [3.05, 3.63) is 0 Å². The van der Waals surface area contributed by atoms with Gasteiger partial charge >= 0.3 is 0 Å². The van der Waals surface area contributed by atoms with E-state index in [0.717, 1.165) is 26.1 Å². The number of ether oxygens (including phenoxy) is 1. The van der Waals surface area contributed by atoms with Crippen LogP contribution >= 0.6 is 0 Å². The predicted octanol–water partition coefficient (Wildman–Crippen LogP) is 2.95. The zero-order valence-corrected chi connectivity index (χ0v) is 9.54. The lowest BCUT2D eigenvalue weighted by Crippen LogP contribution is -2.38. The maximum absolute atomic E-state index is 11.4. The van der Waals surface area contributed by atoms with Crippen LogP contribution in [0.15, 0.2) is 0 Å². The molecule has 0 bridgehead atoms. The molecule has 86 valence electrons. The van der Waals surface area contributed by atoms with Crippen LogP contribution in [-0.2, 0) is 9.53 Å². The summed E-state index contributed by atoms with van der Waals surface area (Å²) in [7, 11) is 0. The van der Waals surface area contributed by atoms with Crippen molar-refractivity contribution in [2.24, 2.45) is 11.3 Å². The van der Waals surface area contributed by atoms with E-state index in [1.807, 2.05) is 0 Å². The number of hydrogen-bond acceptors (Lipinski definition) is 2. The first kappa shape index (κ1) is 11.1. The first-order chi connectivity index (χ1) is 7.37. The Bertz CT molecular complexity index is 199. The molecule has 0 radical (unpaired) electrons. The summed E-state index contributed by atoms with van der Waals surface area (Å²) in [6.45, 7) is 1.57. The molecule has 0 aromatic rings. The third-order valence-electron chi connectivity index (χ3n) is 4.33. The minimum absolute atomic E-state index is 0.0252. The van der Waals surface area contributed by atoms with Gasteiger partial charge in [0.15, 0.2) is 0 Å². The highest BCUT2D eigenvalue weighted by Gasteiger charge is 2.39. The van der Waals surface area contributed by atoms with E-state index in [2.05, 4.69) is 0 Å². The summed E-state index contributed by atoms with van der Waals surface area (Å²) in [5.41, 5.74) is -0.0252. The Kier molecular flexibility index (Phi) is 3.79. The maximum atomic E-state index is 11.4. The van der Waals surface area contributed by atoms with Crippen molar-refractivity contribution >= 4 is 6.29 Å². The molecular formula is C13H22O2. The third-order valence-corrected chi connectivity index (χ3v) is 4.33. The lowest BCUT2D eigenvalue weighted by molar-refractivity contribution is -0.126. The highest BCUT2D eigenvalue weighted by atomic mass is 16.5. The summed E-state index contributed by atoms with van der Waals surface area (Å²) >= 11 is 0. The molecule has 1 aliphatic carbocycles. The molecule has 2 rings (SSSR count). The van der Waals surface area contributed by atoms with Gasteiger partial charge in [-0.2, -0.15) is 0 Å². The lowest BCUT2D eigenvalue weighted by atomic mass is 9.68. The number of carbonyl (C=O) groups is 1. The van der Waals surface area contributed by atoms with Crippen LogP contribution in [0, 0.1) is 11.3 Å². The molecule has 2 nitrogen and oxygen atoms in total. The normalized spacial score (nSPS) is 28.3. The second kappa shape index (κ2) is 5.11. The van der Waals surface area contributed by atoms with E-state index in [-0.39, 0.29) is 5.41 Å². The van der Waals surface area contributed by atoms with Crippen molar-refractivity contribution in [3.63, 3.8) is 0 Å². The van der Waals surface area contributed by atoms with Crippen LogP contribution in [0.2, 0.25) is 0 Å². The van der Waals surface area contributed by atoms with Gasteiger partial charge in [-0.15, -0.1) is 0 Å². The molecule has 0 N–H and O–H groups in total. The van der Waals surface area contributed by atoms with Gasteiger partial charge in [0, 0.05) is 18.6 Å². The standard InChI is InChI=1S/C13H22O2/c14-11-13(7-9-15-10-8-13)12-5-3-1-2-4-6-12/h11-12H,1-10H2. The van der Waals surface area contributed by atoms with Crippen molar-refractivity contribution in [1.29, 1.82) is 0 Å². The monoisotopic (exact) mass is 210 g/mol. The summed E-state index contributed by atoms with van der Waals surface area (Å²) < 4.78 is 5.39. The molecule has 1 saturated heterocycles. The van der Waals surface area contributed by atoms with E-state index < -0.39 is 0 Å². The van der Waals surface area contributed by atoms with Gasteiger partial charge in [-0.3, -0.25) is 0 Å². The zero-order valence-electron chi connectivity index (χ0n) is 9.54. The predicted molar refractivity (Wildman–Crippen MR) is 59.7 cm³/mol. The Labute approximate surface area is 92.4 Å². The second-order valence-electron chi connectivity index (χ2n) is 5.15. The van der Waals surface area contributed by atoms with E-state index >= 15 is 0 Å². The summed E-state index contributed by atoms with van der Waals surface area (Å²) in [5.74, 6) is 0.640. The van der Waals surface area contributed by atoms with Crippen LogP contribution in [0.4, 0.5) is 0 Å². The van der Waals surface area contributed by atoms with Gasteiger partial charge in [0.2, 0.25) is 0 Å². The van der Waals surface area contributed by atoms with Crippen molar-refractivity contribution in [1.82, 2.24) is 0 Å². The largest absolute Gasteiger partial charge is 0.381 e. The third kappa shape index (κ3) is 2.41. The molecule has 0 aromatic heterocycles. The molecule has 15 heavy (non-hydrogen) atoms. The topological polar surface area (TPSA) is 26.3 Å². The summed E-state index contributed by atoms with van der Waals surface area (Å²) in [6.07, 6.45) is 11.1. The zero-order chi connectivity index (χ0) is 10.6. The van der Waals surface area contributed by atoms with Gasteiger partial charge in [0.05, 0.1) is 0 Å². The molecule has 2 heteroatoms. The van der Waals surface area contributed by atoms with Crippen LogP contribution in [0.5, 0.6) is 0 Å². The minimum Gasteiger partial charge on any atom is -0.381 e. The first-order valence-electron chi connectivity index (χ1n) is 6.41. The Morgan fingerprint density at radius 2 is 1.60 bits per heavy atom. The van der Waals surface area contributed by atoms with Crippen molar-refractivity contribution in [3.8, 4) is 0 Å². The highest BCUT2D eigenvalue weighted by Crippen LogP contribution is 2.43. The molecule has 1 aliphatic heterocycles. The van der Waals surface area contributed by atoms with E-state index in [4.69, 9.17) is 4.74 Å². The van der Waals surface area contributed by atoms with Crippen LogP contribution in [0.3, 0.4) is 0 Å². The molecule has 0 atom stereocenters. The van der Waals surface area contributed by atoms with Gasteiger partial charge in [0.25, 0.3) is 0 Å². The summed E-state index contributed by atoms with van der Waals surface area (Å²) in [6, 6.07) is 0. The fourth-order valence-electron chi connectivity index (χ4n) is 3.23. The molecule has 2 fully saturated rings. The molecule has 0 spiro atoms. The van der Waals surface area contributed by atoms with E-state index in [0.29, 0.717) is 5.92 Å². The van der Waals surface area contributed by atoms with Crippen molar-refractivity contribution in [2.45, 2.75) is 51.4 Å². The Hall–Kier alpha value is -0.370. The van der Waals surface area contributed by atoms with E-state index in [9.17, 15) is 4.79 Å². The Morgan fingerprint density at radius 1 is 1.00 bits per heavy atom. The number of hydrogen-bond donors (Lipinski definition) is 0. The number of rotatable bonds is 2. The van der Waals surface area contributed by atoms with Gasteiger partial charge in [0.1, 0.15) is 6.29 Å². The van der Waals surface area contributed by atoms with Gasteiger partial charge in [-0.1, -0.05) is 25.7 Å². The van der Waals surface area contributed by atoms with E-state index in [1.165, 1.54) is 44.8 Å². The minimum atomic E-state index is -0.0252. The highest BCUT2D eigenvalue weighted by molar-refractivity contribution is 5.60. The smallest absolute Gasteiger partial charge is 0.126 e. The second-order valence-corrected chi connectivity index (χ2v) is 5.15. The van der Waals surface area contributed by atoms with Crippen LogP contribution in [-0.4, -0.2) is 19.5 Å². The molecule has 0 unspecified atom stereocenters. The molecular weight excluding hydrogens is 188 g/mol. The van der Waals surface area contributed by atoms with Crippen molar-refractivity contribution in [2.75, 3.05) is 13.2 Å². The molecule has 0 aromatic carbocycles. The molecule has 1 heterocycles. The Morgan fingerprint density at radius 3 is 2.13 bits per heavy atom. The van der Waals surface area contributed by atoms with Gasteiger partial charge in [-0.25, -0.2) is 0 Å². The van der Waals surface area contributed by atoms with Crippen LogP contribution in [0.1, 0.15) is 51.4 Å². The number of carbonyl (C=O) groups excluding carboxylic acids is 1. The molecule has 1 saturated carbocycles. The Balaban J connectivity index is 2.05. The van der Waals surface area contributed by atoms with Crippen LogP contribution < -0.4 is 0 Å². The average Bonchev–Trinajstić information content (AvgIpc) is 2.59.